The van der Waals surface area contributed by atoms with E-state index in [1.807, 2.05) is 6.92 Å². The first-order valence-corrected chi connectivity index (χ1v) is 12.0. The molecular weight excluding hydrogens is 436 g/mol. The normalized spacial score (nSPS) is 14.3. The van der Waals surface area contributed by atoms with Crippen LogP contribution in [-0.2, 0) is 14.8 Å². The van der Waals surface area contributed by atoms with Crippen molar-refractivity contribution in [1.29, 1.82) is 0 Å². The van der Waals surface area contributed by atoms with Crippen LogP contribution < -0.4 is 4.72 Å². The number of anilines is 1. The first-order chi connectivity index (χ1) is 15.2. The largest absolute Gasteiger partial charge is 0.449 e. The molecule has 1 aromatic heterocycles. The molecule has 1 aliphatic rings. The zero-order valence-corrected chi connectivity index (χ0v) is 19.3. The van der Waals surface area contributed by atoms with Crippen molar-refractivity contribution in [3.63, 3.8) is 0 Å². The van der Waals surface area contributed by atoms with Crippen molar-refractivity contribution in [1.82, 2.24) is 15.0 Å². The molecule has 32 heavy (non-hydrogen) atoms. The summed E-state index contributed by atoms with van der Waals surface area (Å²) in [6, 6.07) is 6.29. The molecule has 10 nitrogen and oxygen atoms in total. The number of sulfonamides is 1. The van der Waals surface area contributed by atoms with Gasteiger partial charge in [0.15, 0.2) is 10.7 Å². The van der Waals surface area contributed by atoms with Crippen molar-refractivity contribution in [2.45, 2.75) is 38.5 Å². The van der Waals surface area contributed by atoms with E-state index in [1.165, 1.54) is 13.0 Å². The molecule has 0 unspecified atom stereocenters. The molecule has 0 aliphatic carbocycles. The highest BCUT2D eigenvalue weighted by Crippen LogP contribution is 2.23. The second-order valence-electron chi connectivity index (χ2n) is 7.59. The number of amides is 2. The minimum absolute atomic E-state index is 0.0174. The Hall–Kier alpha value is -3.08. The number of carbonyl (C=O) groups excluding carboxylic acids is 2. The molecule has 0 spiro atoms. The summed E-state index contributed by atoms with van der Waals surface area (Å²) < 4.78 is 38.1. The molecular formula is C21H28N4O6S. The molecule has 2 amide bonds. The summed E-state index contributed by atoms with van der Waals surface area (Å²) in [5.74, 6) is -0.0456. The number of rotatable bonds is 7. The molecule has 0 saturated carbocycles. The summed E-state index contributed by atoms with van der Waals surface area (Å²) in [6.45, 7) is 7.00. The van der Waals surface area contributed by atoms with Gasteiger partial charge in [0.2, 0.25) is 0 Å². The average Bonchev–Trinajstić information content (AvgIpc) is 3.12. The maximum absolute atomic E-state index is 12.9. The van der Waals surface area contributed by atoms with Crippen molar-refractivity contribution in [2.75, 3.05) is 37.5 Å². The summed E-state index contributed by atoms with van der Waals surface area (Å²) in [5, 5.41) is 3.68. The van der Waals surface area contributed by atoms with Gasteiger partial charge >= 0.3 is 6.09 Å². The van der Waals surface area contributed by atoms with Crippen LogP contribution >= 0.6 is 0 Å². The van der Waals surface area contributed by atoms with E-state index in [2.05, 4.69) is 9.88 Å². The van der Waals surface area contributed by atoms with E-state index in [1.54, 1.807) is 34.9 Å². The van der Waals surface area contributed by atoms with Crippen molar-refractivity contribution in [3.05, 3.63) is 41.3 Å². The lowest BCUT2D eigenvalue weighted by molar-refractivity contribution is 0.0558. The highest BCUT2D eigenvalue weighted by molar-refractivity contribution is 7.92. The van der Waals surface area contributed by atoms with Gasteiger partial charge in [-0.05, 0) is 38.5 Å². The monoisotopic (exact) mass is 464 g/mol. The number of benzene rings is 1. The number of ether oxygens (including phenoxy) is 1. The van der Waals surface area contributed by atoms with E-state index in [0.29, 0.717) is 38.3 Å². The SMILES string of the molecule is CCCCOC(=O)N1CCN(C(=O)c2cccc(NS(=O)(=O)c3c(C)noc3C)c2)CC1. The summed E-state index contributed by atoms with van der Waals surface area (Å²) in [6.07, 6.45) is 1.41. The molecule has 0 bridgehead atoms. The van der Waals surface area contributed by atoms with Gasteiger partial charge in [-0.2, -0.15) is 0 Å². The lowest BCUT2D eigenvalue weighted by atomic mass is 10.1. The average molecular weight is 465 g/mol. The van der Waals surface area contributed by atoms with Crippen molar-refractivity contribution in [2.24, 2.45) is 0 Å². The fourth-order valence-corrected chi connectivity index (χ4v) is 4.83. The number of carbonyl (C=O) groups is 2. The number of unbranched alkanes of at least 4 members (excludes halogenated alkanes) is 1. The number of nitrogens with one attached hydrogen (secondary N) is 1. The summed E-state index contributed by atoms with van der Waals surface area (Å²) in [5.41, 5.74) is 0.866. The van der Waals surface area contributed by atoms with Crippen LogP contribution in [0.25, 0.3) is 0 Å². The summed E-state index contributed by atoms with van der Waals surface area (Å²) in [7, 11) is -3.91. The molecule has 0 radical (unpaired) electrons. The maximum Gasteiger partial charge on any atom is 0.409 e. The Balaban J connectivity index is 1.63. The van der Waals surface area contributed by atoms with Gasteiger partial charge in [0.25, 0.3) is 15.9 Å². The van der Waals surface area contributed by atoms with Gasteiger partial charge < -0.3 is 19.1 Å². The first kappa shape index (κ1) is 23.6. The van der Waals surface area contributed by atoms with Crippen LogP contribution in [0, 0.1) is 13.8 Å². The van der Waals surface area contributed by atoms with Crippen molar-refractivity contribution >= 4 is 27.7 Å². The third kappa shape index (κ3) is 5.39. The van der Waals surface area contributed by atoms with Crippen LogP contribution in [0.4, 0.5) is 10.5 Å². The molecule has 2 aromatic rings. The van der Waals surface area contributed by atoms with Crippen LogP contribution in [0.2, 0.25) is 0 Å². The molecule has 1 aromatic carbocycles. The Morgan fingerprint density at radius 3 is 2.47 bits per heavy atom. The second kappa shape index (κ2) is 10.0. The minimum Gasteiger partial charge on any atom is -0.449 e. The Labute approximate surface area is 187 Å². The Morgan fingerprint density at radius 1 is 1.16 bits per heavy atom. The van der Waals surface area contributed by atoms with Crippen LogP contribution in [0.15, 0.2) is 33.7 Å². The zero-order valence-electron chi connectivity index (χ0n) is 18.5. The Kier molecular flexibility index (Phi) is 7.39. The number of aryl methyl sites for hydroxylation is 2. The van der Waals surface area contributed by atoms with Crippen LogP contribution in [0.1, 0.15) is 41.6 Å². The minimum atomic E-state index is -3.91. The Morgan fingerprint density at radius 2 is 1.84 bits per heavy atom. The van der Waals surface area contributed by atoms with E-state index in [4.69, 9.17) is 9.26 Å². The van der Waals surface area contributed by atoms with Gasteiger partial charge in [-0.15, -0.1) is 0 Å². The third-order valence-electron chi connectivity index (χ3n) is 5.15. The van der Waals surface area contributed by atoms with Gasteiger partial charge in [0.1, 0.15) is 5.69 Å². The topological polar surface area (TPSA) is 122 Å². The predicted octanol–water partition coefficient (Wildman–Crippen LogP) is 2.79. The molecule has 1 aliphatic heterocycles. The highest BCUT2D eigenvalue weighted by atomic mass is 32.2. The number of hydrogen-bond acceptors (Lipinski definition) is 7. The summed E-state index contributed by atoms with van der Waals surface area (Å²) >= 11 is 0. The van der Waals surface area contributed by atoms with Crippen LogP contribution in [-0.4, -0.2) is 68.2 Å². The van der Waals surface area contributed by atoms with Crippen LogP contribution in [0.5, 0.6) is 0 Å². The predicted molar refractivity (Wildman–Crippen MR) is 117 cm³/mol. The standard InChI is InChI=1S/C21H28N4O6S/c1-4-5-13-30-21(27)25-11-9-24(10-12-25)20(26)17-7-6-8-18(14-17)23-32(28,29)19-15(2)22-31-16(19)3/h6-8,14,23H,4-5,9-13H2,1-3H3. The van der Waals surface area contributed by atoms with Gasteiger partial charge in [-0.3, -0.25) is 9.52 Å². The highest BCUT2D eigenvalue weighted by Gasteiger charge is 2.27. The molecule has 3 rings (SSSR count). The summed E-state index contributed by atoms with van der Waals surface area (Å²) in [4.78, 5) is 28.2. The van der Waals surface area contributed by atoms with Crippen molar-refractivity contribution < 1.29 is 27.3 Å². The molecule has 0 atom stereocenters. The molecule has 11 heteroatoms. The van der Waals surface area contributed by atoms with Gasteiger partial charge in [-0.25, -0.2) is 13.2 Å². The van der Waals surface area contributed by atoms with Gasteiger partial charge in [-0.1, -0.05) is 24.6 Å². The van der Waals surface area contributed by atoms with Crippen molar-refractivity contribution in [3.8, 4) is 0 Å². The Bertz CT molecular complexity index is 1050. The fraction of sp³-hybridized carbons (Fsp3) is 0.476. The van der Waals surface area contributed by atoms with Gasteiger partial charge in [0, 0.05) is 37.4 Å². The number of hydrogen-bond donors (Lipinski definition) is 1. The third-order valence-corrected chi connectivity index (χ3v) is 6.77. The van der Waals surface area contributed by atoms with E-state index in [0.717, 1.165) is 12.8 Å². The lowest BCUT2D eigenvalue weighted by Crippen LogP contribution is -2.50. The maximum atomic E-state index is 12.9. The van der Waals surface area contributed by atoms with E-state index >= 15 is 0 Å². The molecule has 2 heterocycles. The molecule has 174 valence electrons. The van der Waals surface area contributed by atoms with E-state index in [9.17, 15) is 18.0 Å². The molecule has 1 saturated heterocycles. The van der Waals surface area contributed by atoms with E-state index < -0.39 is 10.0 Å². The second-order valence-corrected chi connectivity index (χ2v) is 9.21. The number of nitrogens with zero attached hydrogens (tertiary/aromatic N) is 3. The quantitative estimate of drug-likeness (QED) is 0.625. The number of aromatic nitrogens is 1. The fourth-order valence-electron chi connectivity index (χ4n) is 3.45. The van der Waals surface area contributed by atoms with Gasteiger partial charge in [0.05, 0.1) is 6.61 Å². The number of piperazine rings is 1. The van der Waals surface area contributed by atoms with Crippen LogP contribution in [0.3, 0.4) is 0 Å². The smallest absolute Gasteiger partial charge is 0.409 e. The van der Waals surface area contributed by atoms with E-state index in [-0.39, 0.29) is 34.0 Å². The molecule has 1 N–H and O–H groups in total. The zero-order chi connectivity index (χ0) is 23.3. The molecule has 1 fully saturated rings. The lowest BCUT2D eigenvalue weighted by Gasteiger charge is -2.34. The first-order valence-electron chi connectivity index (χ1n) is 10.5.